The molecule has 0 bridgehead atoms. The molecule has 1 unspecified atom stereocenters. The first-order valence-corrected chi connectivity index (χ1v) is 8.81. The van der Waals surface area contributed by atoms with Crippen LogP contribution >= 0.6 is 0 Å². The quantitative estimate of drug-likeness (QED) is 0.656. The van der Waals surface area contributed by atoms with Crippen LogP contribution in [0, 0.1) is 12.8 Å². The van der Waals surface area contributed by atoms with Gasteiger partial charge in [-0.3, -0.25) is 4.79 Å². The second kappa shape index (κ2) is 8.26. The van der Waals surface area contributed by atoms with Crippen LogP contribution in [0.4, 0.5) is 0 Å². The molecule has 1 aromatic carbocycles. The highest BCUT2D eigenvalue weighted by atomic mass is 32.2. The van der Waals surface area contributed by atoms with Gasteiger partial charge in [0.15, 0.2) is 0 Å². The molecule has 0 saturated heterocycles. The minimum absolute atomic E-state index is 0.151. The number of carbonyl (C=O) groups is 1. The van der Waals surface area contributed by atoms with Gasteiger partial charge in [0.05, 0.1) is 4.90 Å². The predicted octanol–water partition coefficient (Wildman–Crippen LogP) is 0.763. The second-order valence-electron chi connectivity index (χ2n) is 5.70. The number of benzene rings is 1. The molecule has 0 aliphatic carbocycles. The van der Waals surface area contributed by atoms with Crippen molar-refractivity contribution in [3.63, 3.8) is 0 Å². The van der Waals surface area contributed by atoms with Crippen molar-refractivity contribution >= 4 is 15.9 Å². The fourth-order valence-electron chi connectivity index (χ4n) is 1.97. The first kappa shape index (κ1) is 18.6. The Bertz CT molecular complexity index is 583. The highest BCUT2D eigenvalue weighted by Crippen LogP contribution is 2.13. The normalized spacial score (nSPS) is 13.1. The van der Waals surface area contributed by atoms with Crippen molar-refractivity contribution in [3.05, 3.63) is 29.8 Å². The van der Waals surface area contributed by atoms with Crippen LogP contribution < -0.4 is 15.8 Å². The van der Waals surface area contributed by atoms with Crippen molar-refractivity contribution in [2.45, 2.75) is 38.1 Å². The monoisotopic (exact) mass is 327 g/mol. The maximum atomic E-state index is 12.4. The zero-order chi connectivity index (χ0) is 16.8. The predicted molar refractivity (Wildman–Crippen MR) is 86.8 cm³/mol. The molecular weight excluding hydrogens is 302 g/mol. The molecular formula is C15H25N3O3S. The van der Waals surface area contributed by atoms with E-state index in [4.69, 9.17) is 5.73 Å². The number of aryl methyl sites for hydroxylation is 1. The first-order chi connectivity index (χ1) is 10.3. The molecule has 1 rings (SSSR count). The summed E-state index contributed by atoms with van der Waals surface area (Å²) in [6, 6.07) is 5.70. The Morgan fingerprint density at radius 2 is 1.82 bits per heavy atom. The molecule has 1 atom stereocenters. The summed E-state index contributed by atoms with van der Waals surface area (Å²) in [6.45, 7) is 6.38. The van der Waals surface area contributed by atoms with Gasteiger partial charge < -0.3 is 11.1 Å². The average molecular weight is 327 g/mol. The summed E-state index contributed by atoms with van der Waals surface area (Å²) in [5.41, 5.74) is 6.33. The van der Waals surface area contributed by atoms with Crippen LogP contribution in [0.2, 0.25) is 0 Å². The number of hydrogen-bond acceptors (Lipinski definition) is 4. The van der Waals surface area contributed by atoms with Gasteiger partial charge >= 0.3 is 0 Å². The fourth-order valence-corrected chi connectivity index (χ4v) is 3.18. The van der Waals surface area contributed by atoms with E-state index >= 15 is 0 Å². The fraction of sp³-hybridized carbons (Fsp3) is 0.533. The molecule has 0 radical (unpaired) electrons. The van der Waals surface area contributed by atoms with Crippen molar-refractivity contribution < 1.29 is 13.2 Å². The Morgan fingerprint density at radius 3 is 2.32 bits per heavy atom. The van der Waals surface area contributed by atoms with E-state index in [9.17, 15) is 13.2 Å². The third kappa shape index (κ3) is 5.75. The molecule has 0 saturated carbocycles. The molecule has 6 nitrogen and oxygen atoms in total. The highest BCUT2D eigenvalue weighted by molar-refractivity contribution is 7.89. The van der Waals surface area contributed by atoms with Gasteiger partial charge in [0.25, 0.3) is 0 Å². The molecule has 0 spiro atoms. The number of carbonyl (C=O) groups excluding carboxylic acids is 1. The van der Waals surface area contributed by atoms with Crippen molar-refractivity contribution in [1.82, 2.24) is 10.0 Å². The van der Waals surface area contributed by atoms with Crippen LogP contribution in [-0.4, -0.2) is 33.5 Å². The number of amides is 1. The molecule has 124 valence electrons. The molecule has 0 aliphatic rings. The maximum absolute atomic E-state index is 12.4. The summed E-state index contributed by atoms with van der Waals surface area (Å²) in [7, 11) is -3.73. The van der Waals surface area contributed by atoms with E-state index < -0.39 is 16.1 Å². The summed E-state index contributed by atoms with van der Waals surface area (Å²) in [4.78, 5) is 12.3. The van der Waals surface area contributed by atoms with Crippen molar-refractivity contribution in [2.24, 2.45) is 11.7 Å². The SMILES string of the molecule is Cc1ccc(S(=O)(=O)NC(CC(C)C)C(=O)NCCN)cc1. The van der Waals surface area contributed by atoms with E-state index in [0.29, 0.717) is 19.5 Å². The molecule has 0 heterocycles. The third-order valence-corrected chi connectivity index (χ3v) is 4.58. The average Bonchev–Trinajstić information content (AvgIpc) is 2.43. The van der Waals surface area contributed by atoms with Crippen LogP contribution in [0.1, 0.15) is 25.8 Å². The van der Waals surface area contributed by atoms with Gasteiger partial charge in [-0.1, -0.05) is 31.5 Å². The number of hydrogen-bond donors (Lipinski definition) is 3. The summed E-state index contributed by atoms with van der Waals surface area (Å²) < 4.78 is 27.3. The van der Waals surface area contributed by atoms with Gasteiger partial charge in [-0.2, -0.15) is 4.72 Å². The molecule has 4 N–H and O–H groups in total. The zero-order valence-corrected chi connectivity index (χ0v) is 14.1. The number of nitrogens with two attached hydrogens (primary N) is 1. The smallest absolute Gasteiger partial charge is 0.241 e. The number of nitrogens with one attached hydrogen (secondary N) is 2. The molecule has 22 heavy (non-hydrogen) atoms. The lowest BCUT2D eigenvalue weighted by Crippen LogP contribution is -2.48. The summed E-state index contributed by atoms with van der Waals surface area (Å²) in [5.74, 6) is -0.177. The topological polar surface area (TPSA) is 101 Å². The lowest BCUT2D eigenvalue weighted by Gasteiger charge is -2.20. The second-order valence-corrected chi connectivity index (χ2v) is 7.41. The Balaban J connectivity index is 2.91. The number of rotatable bonds is 8. The summed E-state index contributed by atoms with van der Waals surface area (Å²) in [6.07, 6.45) is 0.418. The Labute approximate surface area is 132 Å². The van der Waals surface area contributed by atoms with E-state index in [0.717, 1.165) is 5.56 Å². The Hall–Kier alpha value is -1.44. The minimum atomic E-state index is -3.73. The molecule has 1 amide bonds. The molecule has 0 aliphatic heterocycles. The van der Waals surface area contributed by atoms with E-state index in [1.807, 2.05) is 20.8 Å². The van der Waals surface area contributed by atoms with E-state index in [1.165, 1.54) is 12.1 Å². The van der Waals surface area contributed by atoms with Crippen molar-refractivity contribution in [3.8, 4) is 0 Å². The van der Waals surface area contributed by atoms with Gasteiger partial charge in [-0.25, -0.2) is 8.42 Å². The van der Waals surface area contributed by atoms with Crippen LogP contribution in [0.3, 0.4) is 0 Å². The standard InChI is InChI=1S/C15H25N3O3S/c1-11(2)10-14(15(19)17-9-8-16)18-22(20,21)13-6-4-12(3)5-7-13/h4-7,11,14,18H,8-10,16H2,1-3H3,(H,17,19). The maximum Gasteiger partial charge on any atom is 0.241 e. The molecule has 7 heteroatoms. The van der Waals surface area contributed by atoms with Crippen LogP contribution in [0.5, 0.6) is 0 Å². The Kier molecular flexibility index (Phi) is 6.99. The van der Waals surface area contributed by atoms with Gasteiger partial charge in [0.1, 0.15) is 6.04 Å². The highest BCUT2D eigenvalue weighted by Gasteiger charge is 2.26. The van der Waals surface area contributed by atoms with Crippen LogP contribution in [0.15, 0.2) is 29.2 Å². The first-order valence-electron chi connectivity index (χ1n) is 7.33. The van der Waals surface area contributed by atoms with E-state index in [1.54, 1.807) is 12.1 Å². The van der Waals surface area contributed by atoms with Crippen LogP contribution in [0.25, 0.3) is 0 Å². The minimum Gasteiger partial charge on any atom is -0.353 e. The lowest BCUT2D eigenvalue weighted by atomic mass is 10.0. The van der Waals surface area contributed by atoms with Gasteiger partial charge in [-0.05, 0) is 31.4 Å². The van der Waals surface area contributed by atoms with Gasteiger partial charge in [0, 0.05) is 13.1 Å². The molecule has 0 aromatic heterocycles. The van der Waals surface area contributed by atoms with Crippen molar-refractivity contribution in [2.75, 3.05) is 13.1 Å². The lowest BCUT2D eigenvalue weighted by molar-refractivity contribution is -0.123. The number of sulfonamides is 1. The van der Waals surface area contributed by atoms with Crippen LogP contribution in [-0.2, 0) is 14.8 Å². The third-order valence-electron chi connectivity index (χ3n) is 3.10. The molecule has 1 aromatic rings. The van der Waals surface area contributed by atoms with E-state index in [2.05, 4.69) is 10.0 Å². The summed E-state index contributed by atoms with van der Waals surface area (Å²) >= 11 is 0. The molecule has 0 fully saturated rings. The Morgan fingerprint density at radius 1 is 1.23 bits per heavy atom. The van der Waals surface area contributed by atoms with Crippen molar-refractivity contribution in [1.29, 1.82) is 0 Å². The zero-order valence-electron chi connectivity index (χ0n) is 13.3. The van der Waals surface area contributed by atoms with Gasteiger partial charge in [-0.15, -0.1) is 0 Å². The van der Waals surface area contributed by atoms with E-state index in [-0.39, 0.29) is 16.7 Å². The van der Waals surface area contributed by atoms with Gasteiger partial charge in [0.2, 0.25) is 15.9 Å². The largest absolute Gasteiger partial charge is 0.353 e. The summed E-state index contributed by atoms with van der Waals surface area (Å²) in [5, 5.41) is 2.63.